The number of aromatic amines is 1. The first-order valence-electron chi connectivity index (χ1n) is 10.9. The van der Waals surface area contributed by atoms with Crippen LogP contribution < -0.4 is 14.9 Å². The summed E-state index contributed by atoms with van der Waals surface area (Å²) in [7, 11) is -0.303. The third-order valence-electron chi connectivity index (χ3n) is 5.79. The highest BCUT2D eigenvalue weighted by molar-refractivity contribution is 7.89. The van der Waals surface area contributed by atoms with Gasteiger partial charge in [0.25, 0.3) is 0 Å². The van der Waals surface area contributed by atoms with Crippen molar-refractivity contribution in [2.45, 2.75) is 17.4 Å². The fourth-order valence-electron chi connectivity index (χ4n) is 4.09. The summed E-state index contributed by atoms with van der Waals surface area (Å²) in [4.78, 5) is 29.3. The molecule has 1 unspecified atom stereocenters. The van der Waals surface area contributed by atoms with Gasteiger partial charge in [0.1, 0.15) is 6.04 Å². The molecule has 182 valence electrons. The second-order valence-electron chi connectivity index (χ2n) is 8.37. The van der Waals surface area contributed by atoms with Gasteiger partial charge in [0.15, 0.2) is 0 Å². The minimum atomic E-state index is -4.04. The molecule has 0 aliphatic rings. The number of para-hydroxylation sites is 1. The third-order valence-corrected chi connectivity index (χ3v) is 7.24. The van der Waals surface area contributed by atoms with Gasteiger partial charge >= 0.3 is 5.97 Å². The number of sulfonamides is 1. The monoisotopic (exact) mass is 494 g/mol. The fraction of sp³-hybridized carbons (Fsp3) is 0.200. The van der Waals surface area contributed by atoms with E-state index in [1.54, 1.807) is 24.4 Å². The summed E-state index contributed by atoms with van der Waals surface area (Å²) in [6.45, 7) is -0.593. The van der Waals surface area contributed by atoms with Crippen LogP contribution in [0, 0.1) is 0 Å². The first-order valence-corrected chi connectivity index (χ1v) is 12.4. The molecule has 4 rings (SSSR count). The zero-order valence-electron chi connectivity index (χ0n) is 19.3. The van der Waals surface area contributed by atoms with E-state index in [9.17, 15) is 23.1 Å². The smallest absolute Gasteiger partial charge is 0.326 e. The van der Waals surface area contributed by atoms with E-state index in [-0.39, 0.29) is 11.3 Å². The number of rotatable bonds is 9. The Labute approximate surface area is 202 Å². The van der Waals surface area contributed by atoms with Crippen molar-refractivity contribution in [3.05, 3.63) is 72.4 Å². The average Bonchev–Trinajstić information content (AvgIpc) is 3.24. The van der Waals surface area contributed by atoms with Crippen LogP contribution >= 0.6 is 0 Å². The summed E-state index contributed by atoms with van der Waals surface area (Å²) in [5.74, 6) is -1.95. The van der Waals surface area contributed by atoms with E-state index in [4.69, 9.17) is 0 Å². The molecule has 0 radical (unpaired) electrons. The number of nitrogens with zero attached hydrogens (tertiary/aromatic N) is 1. The topological polar surface area (TPSA) is 132 Å². The molecule has 3 aromatic carbocycles. The molecule has 0 saturated carbocycles. The zero-order chi connectivity index (χ0) is 25.2. The standard InChI is InChI=1S/C25H26N4O5S/c1-29(2)22-11-5-9-19-18(22)8-6-12-23(19)35(33,34)27-15-24(30)28-21(25(31)32)13-16-14-26-20-10-4-3-7-17(16)20/h3-12,14,21,26-27H,13,15H2,1-2H3,(H,28,30)(H,31,32). The largest absolute Gasteiger partial charge is 0.480 e. The van der Waals surface area contributed by atoms with Crippen LogP contribution in [-0.2, 0) is 26.0 Å². The van der Waals surface area contributed by atoms with Gasteiger partial charge in [-0.05, 0) is 23.8 Å². The quantitative estimate of drug-likeness (QED) is 0.283. The predicted molar refractivity (Wildman–Crippen MR) is 135 cm³/mol. The Balaban J connectivity index is 1.48. The van der Waals surface area contributed by atoms with Gasteiger partial charge in [-0.3, -0.25) is 4.79 Å². The highest BCUT2D eigenvalue weighted by Gasteiger charge is 2.24. The summed E-state index contributed by atoms with van der Waals surface area (Å²) in [5, 5.41) is 14.2. The molecule has 9 nitrogen and oxygen atoms in total. The molecular weight excluding hydrogens is 468 g/mol. The number of carbonyl (C=O) groups excluding carboxylic acids is 1. The summed E-state index contributed by atoms with van der Waals surface area (Å²) in [5.41, 5.74) is 2.46. The first-order chi connectivity index (χ1) is 16.7. The number of carboxylic acid groups (broad SMARTS) is 1. The lowest BCUT2D eigenvalue weighted by atomic mass is 10.1. The third kappa shape index (κ3) is 5.13. The number of benzene rings is 3. The molecule has 0 spiro atoms. The van der Waals surface area contributed by atoms with E-state index < -0.39 is 34.5 Å². The van der Waals surface area contributed by atoms with Crippen molar-refractivity contribution in [2.24, 2.45) is 0 Å². The molecule has 35 heavy (non-hydrogen) atoms. The number of carbonyl (C=O) groups is 2. The number of nitrogens with one attached hydrogen (secondary N) is 3. The number of amides is 1. The number of aliphatic carboxylic acids is 1. The average molecular weight is 495 g/mol. The summed E-state index contributed by atoms with van der Waals surface area (Å²) >= 11 is 0. The van der Waals surface area contributed by atoms with E-state index in [0.717, 1.165) is 27.5 Å². The van der Waals surface area contributed by atoms with Crippen LogP contribution in [0.15, 0.2) is 71.8 Å². The van der Waals surface area contributed by atoms with Crippen molar-refractivity contribution in [2.75, 3.05) is 25.5 Å². The normalized spacial score (nSPS) is 12.5. The van der Waals surface area contributed by atoms with Gasteiger partial charge in [-0.1, -0.05) is 42.5 Å². The van der Waals surface area contributed by atoms with Gasteiger partial charge in [-0.15, -0.1) is 0 Å². The predicted octanol–water partition coefficient (Wildman–Crippen LogP) is 2.48. The van der Waals surface area contributed by atoms with Crippen LogP contribution in [0.4, 0.5) is 5.69 Å². The molecule has 4 N–H and O–H groups in total. The van der Waals surface area contributed by atoms with Crippen LogP contribution in [0.5, 0.6) is 0 Å². The Morgan fingerprint density at radius 2 is 1.66 bits per heavy atom. The van der Waals surface area contributed by atoms with Gasteiger partial charge < -0.3 is 20.3 Å². The number of anilines is 1. The minimum Gasteiger partial charge on any atom is -0.480 e. The molecular formula is C25H26N4O5S. The highest BCUT2D eigenvalue weighted by atomic mass is 32.2. The van der Waals surface area contributed by atoms with Gasteiger partial charge in [0, 0.05) is 54.1 Å². The van der Waals surface area contributed by atoms with Crippen molar-refractivity contribution < 1.29 is 23.1 Å². The number of fused-ring (bicyclic) bond motifs is 2. The molecule has 0 aliphatic carbocycles. The Morgan fingerprint density at radius 1 is 0.971 bits per heavy atom. The van der Waals surface area contributed by atoms with Gasteiger partial charge in [0.2, 0.25) is 15.9 Å². The van der Waals surface area contributed by atoms with Crippen molar-refractivity contribution in [3.63, 3.8) is 0 Å². The molecule has 0 fully saturated rings. The highest BCUT2D eigenvalue weighted by Crippen LogP contribution is 2.30. The molecule has 0 aliphatic heterocycles. The molecule has 0 saturated heterocycles. The molecule has 4 aromatic rings. The van der Waals surface area contributed by atoms with E-state index in [1.807, 2.05) is 55.4 Å². The maximum absolute atomic E-state index is 13.0. The fourth-order valence-corrected chi connectivity index (χ4v) is 5.29. The van der Waals surface area contributed by atoms with E-state index in [0.29, 0.717) is 5.39 Å². The molecule has 0 bridgehead atoms. The maximum atomic E-state index is 13.0. The van der Waals surface area contributed by atoms with Crippen LogP contribution in [-0.4, -0.2) is 57.1 Å². The Bertz CT molecular complexity index is 1510. The van der Waals surface area contributed by atoms with Crippen LogP contribution in [0.3, 0.4) is 0 Å². The van der Waals surface area contributed by atoms with Gasteiger partial charge in [-0.25, -0.2) is 17.9 Å². The van der Waals surface area contributed by atoms with Gasteiger partial charge in [-0.2, -0.15) is 0 Å². The Kier molecular flexibility index (Phi) is 6.77. The molecule has 1 aromatic heterocycles. The van der Waals surface area contributed by atoms with Gasteiger partial charge in [0.05, 0.1) is 11.4 Å². The summed E-state index contributed by atoms with van der Waals surface area (Å²) < 4.78 is 28.4. The lowest BCUT2D eigenvalue weighted by molar-refractivity contribution is -0.141. The molecule has 1 heterocycles. The minimum absolute atomic E-state index is 0.0417. The Hall–Kier alpha value is -3.89. The van der Waals surface area contributed by atoms with E-state index in [2.05, 4.69) is 15.0 Å². The van der Waals surface area contributed by atoms with Crippen LogP contribution in [0.25, 0.3) is 21.7 Å². The lowest BCUT2D eigenvalue weighted by Gasteiger charge is -2.17. The number of H-pyrrole nitrogens is 1. The second-order valence-corrected chi connectivity index (χ2v) is 10.1. The maximum Gasteiger partial charge on any atom is 0.326 e. The second kappa shape index (κ2) is 9.77. The molecule has 10 heteroatoms. The summed E-state index contributed by atoms with van der Waals surface area (Å²) in [6, 6.07) is 16.5. The SMILES string of the molecule is CN(C)c1cccc2c(S(=O)(=O)NCC(=O)NC(Cc3c[nH]c4ccccc34)C(=O)O)cccc12. The lowest BCUT2D eigenvalue weighted by Crippen LogP contribution is -2.46. The zero-order valence-corrected chi connectivity index (χ0v) is 20.1. The van der Waals surface area contributed by atoms with E-state index >= 15 is 0 Å². The van der Waals surface area contributed by atoms with Crippen LogP contribution in [0.2, 0.25) is 0 Å². The number of aromatic nitrogens is 1. The Morgan fingerprint density at radius 3 is 2.40 bits per heavy atom. The van der Waals surface area contributed by atoms with E-state index in [1.165, 1.54) is 6.07 Å². The van der Waals surface area contributed by atoms with Crippen molar-refractivity contribution in [1.82, 2.24) is 15.0 Å². The van der Waals surface area contributed by atoms with Crippen molar-refractivity contribution >= 4 is 49.3 Å². The van der Waals surface area contributed by atoms with Crippen molar-refractivity contribution in [1.29, 1.82) is 0 Å². The van der Waals surface area contributed by atoms with Crippen LogP contribution in [0.1, 0.15) is 5.56 Å². The number of hydrogen-bond donors (Lipinski definition) is 4. The first kappa shape index (κ1) is 24.2. The number of hydrogen-bond acceptors (Lipinski definition) is 5. The number of carboxylic acids is 1. The molecule has 1 atom stereocenters. The molecule has 1 amide bonds. The van der Waals surface area contributed by atoms with Crippen molar-refractivity contribution in [3.8, 4) is 0 Å². The summed E-state index contributed by atoms with van der Waals surface area (Å²) in [6.07, 6.45) is 1.76.